The molecule has 0 saturated heterocycles. The van der Waals surface area contributed by atoms with Gasteiger partial charge in [0.2, 0.25) is 11.5 Å². The average molecular weight is 405 g/mol. The largest absolute Gasteiger partial charge is 0.504 e. The lowest BCUT2D eigenvalue weighted by molar-refractivity contribution is 0.268. The lowest BCUT2D eigenvalue weighted by atomic mass is 9.87. The first-order chi connectivity index (χ1) is 14.0. The van der Waals surface area contributed by atoms with Gasteiger partial charge in [-0.3, -0.25) is 0 Å². The van der Waals surface area contributed by atoms with Crippen LogP contribution < -0.4 is 18.9 Å². The molecule has 2 aromatic carbocycles. The van der Waals surface area contributed by atoms with Gasteiger partial charge in [0.05, 0.1) is 26.4 Å². The molecule has 2 rings (SSSR count). The maximum absolute atomic E-state index is 10.3. The molecular formula is C23H32O6. The van der Waals surface area contributed by atoms with Crippen molar-refractivity contribution in [2.45, 2.75) is 47.0 Å². The topological polar surface area (TPSA) is 77.4 Å². The molecule has 0 heterocycles. The maximum atomic E-state index is 10.3. The van der Waals surface area contributed by atoms with Crippen molar-refractivity contribution in [2.75, 3.05) is 26.4 Å². The third kappa shape index (κ3) is 4.81. The predicted octanol–water partition coefficient (Wildman–Crippen LogP) is 5.23. The maximum Gasteiger partial charge on any atom is 0.203 e. The van der Waals surface area contributed by atoms with Gasteiger partial charge in [-0.1, -0.05) is 19.1 Å². The number of aromatic hydroxyl groups is 2. The van der Waals surface area contributed by atoms with E-state index in [-0.39, 0.29) is 17.4 Å². The zero-order valence-corrected chi connectivity index (χ0v) is 17.9. The Morgan fingerprint density at radius 3 is 1.24 bits per heavy atom. The SMILES string of the molecule is CCOc1c(O)ccc(C(CC)c2ccc(O)c(OCC)c2OCC)c1OCC. The Labute approximate surface area is 173 Å². The summed E-state index contributed by atoms with van der Waals surface area (Å²) in [6.45, 7) is 11.3. The van der Waals surface area contributed by atoms with E-state index in [4.69, 9.17) is 18.9 Å². The first kappa shape index (κ1) is 22.5. The first-order valence-electron chi connectivity index (χ1n) is 10.3. The Kier molecular flexibility index (Phi) is 8.31. The van der Waals surface area contributed by atoms with Crippen LogP contribution in [0.15, 0.2) is 24.3 Å². The van der Waals surface area contributed by atoms with Crippen LogP contribution in [0.4, 0.5) is 0 Å². The molecular weight excluding hydrogens is 372 g/mol. The van der Waals surface area contributed by atoms with Crippen LogP contribution in [0.2, 0.25) is 0 Å². The monoisotopic (exact) mass is 404 g/mol. The van der Waals surface area contributed by atoms with E-state index in [0.29, 0.717) is 49.4 Å². The van der Waals surface area contributed by atoms with E-state index in [0.717, 1.165) is 17.5 Å². The third-order valence-corrected chi connectivity index (χ3v) is 4.56. The van der Waals surface area contributed by atoms with Crippen LogP contribution in [-0.2, 0) is 0 Å². The first-order valence-corrected chi connectivity index (χ1v) is 10.3. The zero-order chi connectivity index (χ0) is 21.4. The van der Waals surface area contributed by atoms with Crippen LogP contribution in [0.25, 0.3) is 0 Å². The summed E-state index contributed by atoms with van der Waals surface area (Å²) >= 11 is 0. The molecule has 160 valence electrons. The molecule has 0 aliphatic heterocycles. The second-order valence-electron chi connectivity index (χ2n) is 6.36. The Hall–Kier alpha value is -2.76. The van der Waals surface area contributed by atoms with Gasteiger partial charge in [0.25, 0.3) is 0 Å². The smallest absolute Gasteiger partial charge is 0.203 e. The summed E-state index contributed by atoms with van der Waals surface area (Å²) < 4.78 is 23.2. The van der Waals surface area contributed by atoms with Crippen molar-refractivity contribution >= 4 is 0 Å². The number of hydrogen-bond acceptors (Lipinski definition) is 6. The van der Waals surface area contributed by atoms with Crippen LogP contribution in [0.5, 0.6) is 34.5 Å². The predicted molar refractivity (Wildman–Crippen MR) is 113 cm³/mol. The second kappa shape index (κ2) is 10.7. The fraction of sp³-hybridized carbons (Fsp3) is 0.478. The minimum atomic E-state index is -0.113. The molecule has 0 radical (unpaired) electrons. The number of phenolic OH excluding ortho intramolecular Hbond substituents is 2. The minimum absolute atomic E-state index is 0.0413. The number of hydrogen-bond donors (Lipinski definition) is 2. The highest BCUT2D eigenvalue weighted by molar-refractivity contribution is 5.62. The third-order valence-electron chi connectivity index (χ3n) is 4.56. The molecule has 0 aromatic heterocycles. The van der Waals surface area contributed by atoms with Gasteiger partial charge < -0.3 is 29.2 Å². The molecule has 2 aromatic rings. The summed E-state index contributed by atoms with van der Waals surface area (Å²) in [5.74, 6) is 1.69. The van der Waals surface area contributed by atoms with Crippen LogP contribution in [0.3, 0.4) is 0 Å². The molecule has 6 nitrogen and oxygen atoms in total. The number of ether oxygens (including phenoxy) is 4. The standard InChI is InChI=1S/C23H32O6/c1-6-15(16-11-13-18(24)22(28-9-4)20(16)26-7-2)17-12-14-19(25)23(29-10-5)21(17)27-8-3/h11-15,24-25H,6-10H2,1-5H3. The van der Waals surface area contributed by atoms with Gasteiger partial charge in [0.15, 0.2) is 23.0 Å². The van der Waals surface area contributed by atoms with Crippen LogP contribution in [0.1, 0.15) is 58.1 Å². The molecule has 0 atom stereocenters. The Bertz CT molecular complexity index is 737. The Morgan fingerprint density at radius 2 is 0.931 bits per heavy atom. The molecule has 0 aliphatic rings. The van der Waals surface area contributed by atoms with Crippen molar-refractivity contribution in [1.82, 2.24) is 0 Å². The van der Waals surface area contributed by atoms with E-state index in [9.17, 15) is 10.2 Å². The van der Waals surface area contributed by atoms with Gasteiger partial charge in [-0.2, -0.15) is 0 Å². The molecule has 0 unspecified atom stereocenters. The van der Waals surface area contributed by atoms with Crippen molar-refractivity contribution in [1.29, 1.82) is 0 Å². The summed E-state index contributed by atoms with van der Waals surface area (Å²) in [5.41, 5.74) is 1.76. The fourth-order valence-electron chi connectivity index (χ4n) is 3.45. The molecule has 0 fully saturated rings. The van der Waals surface area contributed by atoms with E-state index < -0.39 is 0 Å². The normalized spacial score (nSPS) is 10.8. The van der Waals surface area contributed by atoms with Crippen LogP contribution >= 0.6 is 0 Å². The summed E-state index contributed by atoms with van der Waals surface area (Å²) in [6, 6.07) is 6.94. The molecule has 0 aliphatic carbocycles. The highest BCUT2D eigenvalue weighted by Gasteiger charge is 2.27. The van der Waals surface area contributed by atoms with Gasteiger partial charge in [0, 0.05) is 17.0 Å². The minimum Gasteiger partial charge on any atom is -0.504 e. The summed E-state index contributed by atoms with van der Waals surface area (Å²) in [4.78, 5) is 0. The number of phenols is 2. The molecule has 0 amide bonds. The van der Waals surface area contributed by atoms with E-state index in [2.05, 4.69) is 6.92 Å². The van der Waals surface area contributed by atoms with Crippen LogP contribution in [-0.4, -0.2) is 36.6 Å². The van der Waals surface area contributed by atoms with E-state index in [1.807, 2.05) is 39.8 Å². The molecule has 6 heteroatoms. The lowest BCUT2D eigenvalue weighted by Gasteiger charge is -2.25. The van der Waals surface area contributed by atoms with Crippen molar-refractivity contribution in [2.24, 2.45) is 0 Å². The molecule has 29 heavy (non-hydrogen) atoms. The average Bonchev–Trinajstić information content (AvgIpc) is 2.71. The molecule has 2 N–H and O–H groups in total. The zero-order valence-electron chi connectivity index (χ0n) is 17.9. The highest BCUT2D eigenvalue weighted by atomic mass is 16.5. The quantitative estimate of drug-likeness (QED) is 0.534. The molecule has 0 bridgehead atoms. The summed E-state index contributed by atoms with van der Waals surface area (Å²) in [7, 11) is 0. The van der Waals surface area contributed by atoms with Crippen molar-refractivity contribution in [3.63, 3.8) is 0 Å². The summed E-state index contributed by atoms with van der Waals surface area (Å²) in [6.07, 6.45) is 0.743. The lowest BCUT2D eigenvalue weighted by Crippen LogP contribution is -2.09. The van der Waals surface area contributed by atoms with Crippen molar-refractivity contribution < 1.29 is 29.2 Å². The summed E-state index contributed by atoms with van der Waals surface area (Å²) in [5, 5.41) is 20.6. The second-order valence-corrected chi connectivity index (χ2v) is 6.36. The van der Waals surface area contributed by atoms with Gasteiger partial charge >= 0.3 is 0 Å². The fourth-order valence-corrected chi connectivity index (χ4v) is 3.45. The number of benzene rings is 2. The molecule has 0 saturated carbocycles. The van der Waals surface area contributed by atoms with Gasteiger partial charge in [0.1, 0.15) is 0 Å². The molecule has 0 spiro atoms. The Balaban J connectivity index is 2.71. The highest BCUT2D eigenvalue weighted by Crippen LogP contribution is 2.49. The van der Waals surface area contributed by atoms with Crippen molar-refractivity contribution in [3.05, 3.63) is 35.4 Å². The van der Waals surface area contributed by atoms with E-state index >= 15 is 0 Å². The Morgan fingerprint density at radius 1 is 0.586 bits per heavy atom. The van der Waals surface area contributed by atoms with E-state index in [1.165, 1.54) is 0 Å². The van der Waals surface area contributed by atoms with Crippen molar-refractivity contribution in [3.8, 4) is 34.5 Å². The number of rotatable bonds is 11. The van der Waals surface area contributed by atoms with Gasteiger partial charge in [-0.25, -0.2) is 0 Å². The van der Waals surface area contributed by atoms with Gasteiger partial charge in [-0.05, 0) is 46.2 Å². The van der Waals surface area contributed by atoms with E-state index in [1.54, 1.807) is 12.1 Å². The van der Waals surface area contributed by atoms with Crippen LogP contribution in [0, 0.1) is 0 Å². The van der Waals surface area contributed by atoms with Gasteiger partial charge in [-0.15, -0.1) is 0 Å².